The molecule has 0 saturated carbocycles. The fraction of sp³-hybridized carbons (Fsp3) is 0.160. The molecule has 3 aromatic rings. The summed E-state index contributed by atoms with van der Waals surface area (Å²) < 4.78 is 50.9. The number of rotatable bonds is 8. The number of aryl methyl sites for hydroxylation is 1. The Hall–Kier alpha value is -3.01. The number of carbonyl (C=O) groups is 1. The van der Waals surface area contributed by atoms with E-state index in [1.54, 1.807) is 25.1 Å². The minimum atomic E-state index is -4.40. The highest BCUT2D eigenvalue weighted by molar-refractivity contribution is 14.1. The Labute approximate surface area is 202 Å². The summed E-state index contributed by atoms with van der Waals surface area (Å²) in [5.41, 5.74) is 2.26. The van der Waals surface area contributed by atoms with Crippen molar-refractivity contribution in [2.45, 2.75) is 13.1 Å². The number of benzene rings is 3. The molecule has 3 aromatic carbocycles. The third-order valence-electron chi connectivity index (χ3n) is 4.71. The normalized spacial score (nSPS) is 11.8. The number of ether oxygens (including phenoxy) is 2. The molecule has 0 aliphatic rings. The van der Waals surface area contributed by atoms with Crippen LogP contribution in [-0.2, 0) is 11.0 Å². The summed E-state index contributed by atoms with van der Waals surface area (Å²) in [6.45, 7) is 1.52. The predicted molar refractivity (Wildman–Crippen MR) is 127 cm³/mol. The first-order valence-electron chi connectivity index (χ1n) is 9.85. The van der Waals surface area contributed by atoms with Crippen LogP contribution < -0.4 is 9.47 Å². The number of carboxylic acid groups (broad SMARTS) is 1. The smallest absolute Gasteiger partial charge is 0.416 e. The maximum Gasteiger partial charge on any atom is 0.416 e. The molecule has 0 fully saturated rings. The number of aliphatic carboxylic acids is 1. The molecule has 172 valence electrons. The zero-order valence-electron chi connectivity index (χ0n) is 17.5. The molecule has 0 saturated heterocycles. The lowest BCUT2D eigenvalue weighted by Crippen LogP contribution is -2.10. The molecule has 0 aromatic heterocycles. The summed E-state index contributed by atoms with van der Waals surface area (Å²) in [5, 5.41) is 8.73. The van der Waals surface area contributed by atoms with E-state index in [9.17, 15) is 18.0 Å². The minimum absolute atomic E-state index is 0.178. The van der Waals surface area contributed by atoms with E-state index in [-0.39, 0.29) is 6.61 Å². The third-order valence-corrected chi connectivity index (χ3v) is 5.43. The second-order valence-electron chi connectivity index (χ2n) is 7.12. The molecule has 0 atom stereocenters. The fourth-order valence-corrected chi connectivity index (χ4v) is 3.46. The summed E-state index contributed by atoms with van der Waals surface area (Å²) in [4.78, 5) is 10.7. The molecule has 0 amide bonds. The van der Waals surface area contributed by atoms with E-state index in [1.807, 2.05) is 30.3 Å². The summed E-state index contributed by atoms with van der Waals surface area (Å²) in [6, 6.07) is 17.7. The Kier molecular flexibility index (Phi) is 8.01. The summed E-state index contributed by atoms with van der Waals surface area (Å²) in [6.07, 6.45) is -2.58. The number of hydrogen-bond donors (Lipinski definition) is 1. The first kappa shape index (κ1) is 24.6. The average Bonchev–Trinajstić information content (AvgIpc) is 2.76. The van der Waals surface area contributed by atoms with Crippen molar-refractivity contribution in [1.82, 2.24) is 0 Å². The highest BCUT2D eigenvalue weighted by Crippen LogP contribution is 2.32. The van der Waals surface area contributed by atoms with Gasteiger partial charge in [0.1, 0.15) is 18.1 Å². The lowest BCUT2D eigenvalue weighted by atomic mass is 9.96. The molecule has 4 nitrogen and oxygen atoms in total. The Bertz CT molecular complexity index is 1140. The van der Waals surface area contributed by atoms with Crippen molar-refractivity contribution >= 4 is 34.1 Å². The zero-order valence-corrected chi connectivity index (χ0v) is 19.7. The number of halogens is 4. The molecular formula is C25H20F3IO4. The summed E-state index contributed by atoms with van der Waals surface area (Å²) in [5.74, 6) is -0.0586. The van der Waals surface area contributed by atoms with E-state index in [0.717, 1.165) is 32.4 Å². The predicted octanol–water partition coefficient (Wildman–Crippen LogP) is 6.59. The lowest BCUT2D eigenvalue weighted by molar-refractivity contribution is -0.139. The van der Waals surface area contributed by atoms with Crippen LogP contribution in [-0.4, -0.2) is 24.3 Å². The molecule has 0 radical (unpaired) electrons. The first-order valence-corrected chi connectivity index (χ1v) is 10.9. The van der Waals surface area contributed by atoms with Crippen molar-refractivity contribution in [1.29, 1.82) is 0 Å². The largest absolute Gasteiger partial charge is 0.489 e. The van der Waals surface area contributed by atoms with Crippen molar-refractivity contribution in [2.75, 3.05) is 13.2 Å². The van der Waals surface area contributed by atoms with Gasteiger partial charge in [-0.05, 0) is 100 Å². The number of hydrogen-bond acceptors (Lipinski definition) is 3. The van der Waals surface area contributed by atoms with Gasteiger partial charge in [0.25, 0.3) is 0 Å². The zero-order chi connectivity index (χ0) is 24.0. The van der Waals surface area contributed by atoms with Crippen LogP contribution in [0.3, 0.4) is 0 Å². The van der Waals surface area contributed by atoms with Crippen LogP contribution in [0.1, 0.15) is 22.3 Å². The molecule has 0 heterocycles. The van der Waals surface area contributed by atoms with E-state index in [0.29, 0.717) is 17.1 Å². The molecule has 3 rings (SSSR count). The summed E-state index contributed by atoms with van der Waals surface area (Å²) >= 11 is 2.19. The van der Waals surface area contributed by atoms with E-state index in [1.165, 1.54) is 12.1 Å². The monoisotopic (exact) mass is 568 g/mol. The molecule has 0 spiro atoms. The van der Waals surface area contributed by atoms with E-state index in [2.05, 4.69) is 22.6 Å². The van der Waals surface area contributed by atoms with Crippen LogP contribution in [0.5, 0.6) is 11.5 Å². The van der Waals surface area contributed by atoms with Gasteiger partial charge in [0.15, 0.2) is 6.61 Å². The Morgan fingerprint density at radius 3 is 2.12 bits per heavy atom. The Balaban J connectivity index is 1.81. The molecule has 1 N–H and O–H groups in total. The number of carboxylic acids is 1. The van der Waals surface area contributed by atoms with Gasteiger partial charge in [-0.3, -0.25) is 0 Å². The lowest BCUT2D eigenvalue weighted by Gasteiger charge is -2.13. The van der Waals surface area contributed by atoms with Crippen molar-refractivity contribution < 1.29 is 32.5 Å². The molecule has 33 heavy (non-hydrogen) atoms. The van der Waals surface area contributed by atoms with Crippen LogP contribution in [0.4, 0.5) is 13.2 Å². The van der Waals surface area contributed by atoms with Crippen molar-refractivity contribution in [3.05, 3.63) is 98.6 Å². The molecular weight excluding hydrogens is 548 g/mol. The fourth-order valence-electron chi connectivity index (χ4n) is 3.10. The molecule has 8 heteroatoms. The first-order chi connectivity index (χ1) is 15.6. The van der Waals surface area contributed by atoms with Gasteiger partial charge in [0, 0.05) is 3.57 Å². The van der Waals surface area contributed by atoms with Crippen molar-refractivity contribution in [2.24, 2.45) is 0 Å². The topological polar surface area (TPSA) is 55.8 Å². The van der Waals surface area contributed by atoms with Gasteiger partial charge in [-0.25, -0.2) is 4.79 Å². The van der Waals surface area contributed by atoms with E-state index >= 15 is 0 Å². The summed E-state index contributed by atoms with van der Waals surface area (Å²) in [7, 11) is 0. The van der Waals surface area contributed by atoms with Gasteiger partial charge in [-0.2, -0.15) is 13.2 Å². The standard InChI is InChI=1S/C25H20F3IO4/c1-16-14-21(10-11-23(16)33-15-24(30)31)32-13-12-22(18-4-8-20(29)9-5-18)17-2-6-19(7-3-17)25(26,27)28/h2-12,14H,13,15H2,1H3,(H,30,31)/b22-12+. The Morgan fingerprint density at radius 2 is 1.58 bits per heavy atom. The van der Waals surface area contributed by atoms with Gasteiger partial charge in [-0.15, -0.1) is 0 Å². The van der Waals surface area contributed by atoms with Crippen LogP contribution in [0.25, 0.3) is 5.57 Å². The minimum Gasteiger partial charge on any atom is -0.489 e. The highest BCUT2D eigenvalue weighted by atomic mass is 127. The van der Waals surface area contributed by atoms with E-state index in [4.69, 9.17) is 14.6 Å². The molecule has 0 unspecified atom stereocenters. The van der Waals surface area contributed by atoms with Gasteiger partial charge >= 0.3 is 12.1 Å². The second-order valence-corrected chi connectivity index (χ2v) is 8.37. The Morgan fingerprint density at radius 1 is 0.970 bits per heavy atom. The van der Waals surface area contributed by atoms with Crippen molar-refractivity contribution in [3.8, 4) is 11.5 Å². The maximum atomic E-state index is 13.0. The van der Waals surface area contributed by atoms with Crippen LogP contribution >= 0.6 is 22.6 Å². The highest BCUT2D eigenvalue weighted by Gasteiger charge is 2.30. The van der Waals surface area contributed by atoms with Gasteiger partial charge < -0.3 is 14.6 Å². The van der Waals surface area contributed by atoms with Crippen LogP contribution in [0, 0.1) is 10.5 Å². The average molecular weight is 568 g/mol. The maximum absolute atomic E-state index is 13.0. The number of alkyl halides is 3. The third kappa shape index (κ3) is 6.98. The van der Waals surface area contributed by atoms with Gasteiger partial charge in [0.2, 0.25) is 0 Å². The van der Waals surface area contributed by atoms with Gasteiger partial charge in [0.05, 0.1) is 5.56 Å². The van der Waals surface area contributed by atoms with Crippen molar-refractivity contribution in [3.63, 3.8) is 0 Å². The van der Waals surface area contributed by atoms with E-state index < -0.39 is 24.3 Å². The molecule has 0 aliphatic carbocycles. The van der Waals surface area contributed by atoms with Crippen LogP contribution in [0.2, 0.25) is 0 Å². The molecule has 0 bridgehead atoms. The quantitative estimate of drug-likeness (QED) is 0.312. The SMILES string of the molecule is Cc1cc(OC/C=C(/c2ccc(I)cc2)c2ccc(C(F)(F)F)cc2)ccc1OCC(=O)O. The van der Waals surface area contributed by atoms with Gasteiger partial charge in [-0.1, -0.05) is 24.3 Å². The van der Waals surface area contributed by atoms with Crippen LogP contribution in [0.15, 0.2) is 72.8 Å². The second kappa shape index (κ2) is 10.7. The molecule has 0 aliphatic heterocycles.